The lowest BCUT2D eigenvalue weighted by molar-refractivity contribution is -0.128. The van der Waals surface area contributed by atoms with Crippen LogP contribution in [0.15, 0.2) is 53.7 Å². The molecule has 0 fully saturated rings. The number of benzene rings is 2. The summed E-state index contributed by atoms with van der Waals surface area (Å²) in [4.78, 5) is 22.0. The summed E-state index contributed by atoms with van der Waals surface area (Å²) in [5.41, 5.74) is 2.87. The molecule has 1 heterocycles. The predicted molar refractivity (Wildman–Crippen MR) is 99.4 cm³/mol. The monoisotopic (exact) mass is 359 g/mol. The molecule has 0 unspecified atom stereocenters. The van der Waals surface area contributed by atoms with Crippen LogP contribution in [-0.4, -0.2) is 33.1 Å². The van der Waals surface area contributed by atoms with Gasteiger partial charge in [0.15, 0.2) is 5.16 Å². The Kier molecular flexibility index (Phi) is 5.43. The highest BCUT2D eigenvalue weighted by atomic mass is 35.5. The quantitative estimate of drug-likeness (QED) is 0.665. The molecule has 6 heteroatoms. The molecule has 0 radical (unpaired) electrons. The van der Waals surface area contributed by atoms with Crippen LogP contribution in [0.25, 0.3) is 11.0 Å². The lowest BCUT2D eigenvalue weighted by atomic mass is 10.2. The Hall–Kier alpha value is -1.98. The minimum atomic E-state index is 0.102. The third kappa shape index (κ3) is 4.10. The van der Waals surface area contributed by atoms with Crippen molar-refractivity contribution in [2.45, 2.75) is 18.6 Å². The molecular weight excluding hydrogens is 342 g/mol. The maximum absolute atomic E-state index is 12.5. The molecule has 0 aliphatic heterocycles. The van der Waals surface area contributed by atoms with Crippen molar-refractivity contribution in [3.05, 3.63) is 59.1 Å². The second-order valence-corrected chi connectivity index (χ2v) is 6.79. The SMILES string of the molecule is CCN(Cc1ccccc1)C(=O)CSc1nc2ccc(Cl)cc2[nH]1. The van der Waals surface area contributed by atoms with Crippen molar-refractivity contribution in [1.29, 1.82) is 0 Å². The molecule has 1 N–H and O–H groups in total. The lowest BCUT2D eigenvalue weighted by Crippen LogP contribution is -2.31. The molecule has 124 valence electrons. The van der Waals surface area contributed by atoms with Crippen molar-refractivity contribution in [2.75, 3.05) is 12.3 Å². The van der Waals surface area contributed by atoms with Crippen LogP contribution in [-0.2, 0) is 11.3 Å². The van der Waals surface area contributed by atoms with E-state index in [-0.39, 0.29) is 5.91 Å². The van der Waals surface area contributed by atoms with Crippen LogP contribution in [0.3, 0.4) is 0 Å². The first-order valence-corrected chi connectivity index (χ1v) is 9.12. The van der Waals surface area contributed by atoms with Crippen LogP contribution in [0.2, 0.25) is 5.02 Å². The normalized spacial score (nSPS) is 10.9. The number of thioether (sulfide) groups is 1. The number of hydrogen-bond acceptors (Lipinski definition) is 3. The van der Waals surface area contributed by atoms with Gasteiger partial charge in [-0.2, -0.15) is 0 Å². The number of carbonyl (C=O) groups excluding carboxylic acids is 1. The number of fused-ring (bicyclic) bond motifs is 1. The molecule has 0 saturated carbocycles. The van der Waals surface area contributed by atoms with Gasteiger partial charge < -0.3 is 9.88 Å². The zero-order valence-corrected chi connectivity index (χ0v) is 14.9. The van der Waals surface area contributed by atoms with Gasteiger partial charge in [0.05, 0.1) is 16.8 Å². The summed E-state index contributed by atoms with van der Waals surface area (Å²) in [5.74, 6) is 0.457. The van der Waals surface area contributed by atoms with Crippen LogP contribution in [0.1, 0.15) is 12.5 Å². The minimum Gasteiger partial charge on any atom is -0.338 e. The largest absolute Gasteiger partial charge is 0.338 e. The van der Waals surface area contributed by atoms with E-state index in [9.17, 15) is 4.79 Å². The molecule has 3 rings (SSSR count). The Morgan fingerprint density at radius 1 is 1.25 bits per heavy atom. The number of halogens is 1. The van der Waals surface area contributed by atoms with Gasteiger partial charge in [-0.1, -0.05) is 53.7 Å². The van der Waals surface area contributed by atoms with E-state index in [1.807, 2.05) is 60.4 Å². The van der Waals surface area contributed by atoms with Crippen LogP contribution >= 0.6 is 23.4 Å². The second kappa shape index (κ2) is 7.73. The number of aromatic nitrogens is 2. The number of aromatic amines is 1. The Labute approximate surface area is 150 Å². The number of carbonyl (C=O) groups is 1. The number of amides is 1. The summed E-state index contributed by atoms with van der Waals surface area (Å²) >= 11 is 7.39. The van der Waals surface area contributed by atoms with Gasteiger partial charge in [0.25, 0.3) is 0 Å². The fourth-order valence-electron chi connectivity index (χ4n) is 2.43. The number of rotatable bonds is 6. The van der Waals surface area contributed by atoms with Crippen molar-refractivity contribution in [2.24, 2.45) is 0 Å². The number of nitrogens with one attached hydrogen (secondary N) is 1. The summed E-state index contributed by atoms with van der Waals surface area (Å²) in [5, 5.41) is 1.40. The van der Waals surface area contributed by atoms with Crippen molar-refractivity contribution >= 4 is 40.3 Å². The molecule has 0 bridgehead atoms. The van der Waals surface area contributed by atoms with E-state index in [0.717, 1.165) is 21.8 Å². The van der Waals surface area contributed by atoms with Gasteiger partial charge in [0, 0.05) is 18.1 Å². The fraction of sp³-hybridized carbons (Fsp3) is 0.222. The molecule has 0 aliphatic carbocycles. The molecule has 0 spiro atoms. The summed E-state index contributed by atoms with van der Waals surface area (Å²) < 4.78 is 0. The van der Waals surface area contributed by atoms with Crippen LogP contribution in [0.5, 0.6) is 0 Å². The maximum Gasteiger partial charge on any atom is 0.233 e. The summed E-state index contributed by atoms with van der Waals surface area (Å²) in [6, 6.07) is 15.5. The molecule has 0 saturated heterocycles. The molecule has 0 atom stereocenters. The van der Waals surface area contributed by atoms with Gasteiger partial charge in [0.1, 0.15) is 0 Å². The van der Waals surface area contributed by atoms with Gasteiger partial charge in [0.2, 0.25) is 5.91 Å². The van der Waals surface area contributed by atoms with Gasteiger partial charge in [-0.25, -0.2) is 4.98 Å². The lowest BCUT2D eigenvalue weighted by Gasteiger charge is -2.20. The molecule has 0 aliphatic rings. The van der Waals surface area contributed by atoms with Crippen molar-refractivity contribution in [3.63, 3.8) is 0 Å². The Morgan fingerprint density at radius 2 is 2.04 bits per heavy atom. The highest BCUT2D eigenvalue weighted by molar-refractivity contribution is 7.99. The van der Waals surface area contributed by atoms with E-state index < -0.39 is 0 Å². The smallest absolute Gasteiger partial charge is 0.233 e. The minimum absolute atomic E-state index is 0.102. The zero-order chi connectivity index (χ0) is 16.9. The van der Waals surface area contributed by atoms with E-state index in [2.05, 4.69) is 9.97 Å². The number of nitrogens with zero attached hydrogens (tertiary/aromatic N) is 2. The van der Waals surface area contributed by atoms with E-state index >= 15 is 0 Å². The molecule has 3 aromatic rings. The average molecular weight is 360 g/mol. The van der Waals surface area contributed by atoms with Crippen molar-refractivity contribution in [1.82, 2.24) is 14.9 Å². The first-order chi connectivity index (χ1) is 11.7. The first-order valence-electron chi connectivity index (χ1n) is 7.75. The maximum atomic E-state index is 12.5. The van der Waals surface area contributed by atoms with Gasteiger partial charge in [-0.3, -0.25) is 4.79 Å². The molecule has 2 aromatic carbocycles. The second-order valence-electron chi connectivity index (χ2n) is 5.39. The predicted octanol–water partition coefficient (Wildman–Crippen LogP) is 4.36. The third-order valence-corrected chi connectivity index (χ3v) is 4.80. The fourth-order valence-corrected chi connectivity index (χ4v) is 3.39. The van der Waals surface area contributed by atoms with Crippen molar-refractivity contribution < 1.29 is 4.79 Å². The standard InChI is InChI=1S/C18H18ClN3OS/c1-2-22(11-13-6-4-3-5-7-13)17(23)12-24-18-20-15-9-8-14(19)10-16(15)21-18/h3-10H,2,11-12H2,1H3,(H,20,21). The number of hydrogen-bond donors (Lipinski definition) is 1. The number of imidazole rings is 1. The Morgan fingerprint density at radius 3 is 2.79 bits per heavy atom. The topological polar surface area (TPSA) is 49.0 Å². The summed E-state index contributed by atoms with van der Waals surface area (Å²) in [7, 11) is 0. The summed E-state index contributed by atoms with van der Waals surface area (Å²) in [6.07, 6.45) is 0. The highest BCUT2D eigenvalue weighted by Gasteiger charge is 2.14. The summed E-state index contributed by atoms with van der Waals surface area (Å²) in [6.45, 7) is 3.31. The molecular formula is C18H18ClN3OS. The van der Waals surface area contributed by atoms with E-state index in [0.29, 0.717) is 23.9 Å². The van der Waals surface area contributed by atoms with E-state index in [1.165, 1.54) is 11.8 Å². The molecule has 1 amide bonds. The van der Waals surface area contributed by atoms with Crippen LogP contribution < -0.4 is 0 Å². The average Bonchev–Trinajstić information content (AvgIpc) is 3.00. The first kappa shape index (κ1) is 16.9. The number of H-pyrrole nitrogens is 1. The Balaban J connectivity index is 1.62. The highest BCUT2D eigenvalue weighted by Crippen LogP contribution is 2.22. The van der Waals surface area contributed by atoms with Gasteiger partial charge in [-0.05, 0) is 30.7 Å². The third-order valence-electron chi connectivity index (χ3n) is 3.71. The molecule has 24 heavy (non-hydrogen) atoms. The van der Waals surface area contributed by atoms with E-state index in [1.54, 1.807) is 0 Å². The molecule has 4 nitrogen and oxygen atoms in total. The van der Waals surface area contributed by atoms with Gasteiger partial charge >= 0.3 is 0 Å². The van der Waals surface area contributed by atoms with Crippen molar-refractivity contribution in [3.8, 4) is 0 Å². The van der Waals surface area contributed by atoms with Gasteiger partial charge in [-0.15, -0.1) is 0 Å². The molecule has 1 aromatic heterocycles. The van der Waals surface area contributed by atoms with Crippen LogP contribution in [0.4, 0.5) is 0 Å². The van der Waals surface area contributed by atoms with E-state index in [4.69, 9.17) is 11.6 Å². The zero-order valence-electron chi connectivity index (χ0n) is 13.3. The van der Waals surface area contributed by atoms with Crippen LogP contribution in [0, 0.1) is 0 Å². The Bertz CT molecular complexity index is 835.